The van der Waals surface area contributed by atoms with Crippen LogP contribution >= 0.6 is 0 Å². The second-order valence-corrected chi connectivity index (χ2v) is 7.26. The molecular weight excluding hydrogens is 264 g/mol. The van der Waals surface area contributed by atoms with Crippen molar-refractivity contribution in [1.29, 1.82) is 0 Å². The average Bonchev–Trinajstić information content (AvgIpc) is 2.70. The quantitative estimate of drug-likeness (QED) is 0.853. The first-order valence-corrected chi connectivity index (χ1v) is 8.24. The zero-order chi connectivity index (χ0) is 14.0. The third kappa shape index (κ3) is 2.97. The highest BCUT2D eigenvalue weighted by Gasteiger charge is 2.31. The third-order valence-corrected chi connectivity index (χ3v) is 5.78. The Morgan fingerprint density at radius 3 is 2.74 bits per heavy atom. The van der Waals surface area contributed by atoms with Crippen LogP contribution in [0.2, 0.25) is 0 Å². The summed E-state index contributed by atoms with van der Waals surface area (Å²) in [5, 5.41) is 2.80. The Morgan fingerprint density at radius 1 is 1.42 bits per heavy atom. The van der Waals surface area contributed by atoms with Crippen LogP contribution in [0.25, 0.3) is 0 Å². The van der Waals surface area contributed by atoms with Crippen molar-refractivity contribution in [3.05, 3.63) is 11.4 Å². The number of anilines is 2. The van der Waals surface area contributed by atoms with Crippen LogP contribution in [-0.4, -0.2) is 35.9 Å². The molecular formula is C12H20N4O2S. The maximum atomic E-state index is 11.8. The van der Waals surface area contributed by atoms with Crippen LogP contribution in [0.15, 0.2) is 0 Å². The molecule has 1 aliphatic heterocycles. The second-order valence-electron chi connectivity index (χ2n) is 4.86. The SMILES string of the molecule is CCc1nc(N)c(C)c(NCC2CCCS2(=O)=O)n1. The van der Waals surface area contributed by atoms with Crippen LogP contribution in [0, 0.1) is 6.92 Å². The van der Waals surface area contributed by atoms with Gasteiger partial charge in [0.1, 0.15) is 17.5 Å². The number of sulfone groups is 1. The number of nitrogens with two attached hydrogens (primary N) is 1. The normalized spacial score (nSPS) is 21.5. The van der Waals surface area contributed by atoms with Crippen molar-refractivity contribution in [2.75, 3.05) is 23.3 Å². The molecule has 1 atom stereocenters. The number of nitrogens with one attached hydrogen (secondary N) is 1. The van der Waals surface area contributed by atoms with Crippen molar-refractivity contribution < 1.29 is 8.42 Å². The predicted molar refractivity (Wildman–Crippen MR) is 75.9 cm³/mol. The van der Waals surface area contributed by atoms with Crippen LogP contribution in [-0.2, 0) is 16.3 Å². The summed E-state index contributed by atoms with van der Waals surface area (Å²) in [6.07, 6.45) is 2.16. The Morgan fingerprint density at radius 2 is 2.16 bits per heavy atom. The van der Waals surface area contributed by atoms with E-state index in [1.165, 1.54) is 0 Å². The predicted octanol–water partition coefficient (Wildman–Crippen LogP) is 0.919. The van der Waals surface area contributed by atoms with E-state index in [-0.39, 0.29) is 5.25 Å². The zero-order valence-corrected chi connectivity index (χ0v) is 12.1. The van der Waals surface area contributed by atoms with Gasteiger partial charge in [0.25, 0.3) is 0 Å². The molecule has 0 spiro atoms. The van der Waals surface area contributed by atoms with Gasteiger partial charge in [-0.2, -0.15) is 0 Å². The summed E-state index contributed by atoms with van der Waals surface area (Å²) in [6, 6.07) is 0. The minimum Gasteiger partial charge on any atom is -0.383 e. The lowest BCUT2D eigenvalue weighted by atomic mass is 10.2. The van der Waals surface area contributed by atoms with Crippen molar-refractivity contribution in [2.45, 2.75) is 38.4 Å². The highest BCUT2D eigenvalue weighted by molar-refractivity contribution is 7.92. The molecule has 0 aliphatic carbocycles. The maximum Gasteiger partial charge on any atom is 0.154 e. The van der Waals surface area contributed by atoms with Gasteiger partial charge in [0.15, 0.2) is 9.84 Å². The molecule has 1 saturated heterocycles. The summed E-state index contributed by atoms with van der Waals surface area (Å²) < 4.78 is 23.5. The Balaban J connectivity index is 2.13. The molecule has 1 aromatic rings. The fourth-order valence-electron chi connectivity index (χ4n) is 2.21. The molecule has 7 heteroatoms. The van der Waals surface area contributed by atoms with Crippen LogP contribution in [0.4, 0.5) is 11.6 Å². The molecule has 106 valence electrons. The molecule has 0 amide bonds. The number of aromatic nitrogens is 2. The van der Waals surface area contributed by atoms with E-state index in [0.717, 1.165) is 18.4 Å². The molecule has 0 aromatic carbocycles. The van der Waals surface area contributed by atoms with Gasteiger partial charge in [-0.25, -0.2) is 18.4 Å². The van der Waals surface area contributed by atoms with E-state index >= 15 is 0 Å². The zero-order valence-electron chi connectivity index (χ0n) is 11.3. The van der Waals surface area contributed by atoms with Gasteiger partial charge in [-0.15, -0.1) is 0 Å². The highest BCUT2D eigenvalue weighted by Crippen LogP contribution is 2.22. The van der Waals surface area contributed by atoms with Gasteiger partial charge >= 0.3 is 0 Å². The molecule has 0 saturated carbocycles. The van der Waals surface area contributed by atoms with Crippen LogP contribution in [0.3, 0.4) is 0 Å². The summed E-state index contributed by atoms with van der Waals surface area (Å²) in [4.78, 5) is 8.53. The lowest BCUT2D eigenvalue weighted by Crippen LogP contribution is -2.26. The van der Waals surface area contributed by atoms with Gasteiger partial charge in [-0.05, 0) is 19.8 Å². The molecule has 2 heterocycles. The molecule has 3 N–H and O–H groups in total. The number of nitrogens with zero attached hydrogens (tertiary/aromatic N) is 2. The summed E-state index contributed by atoms with van der Waals surface area (Å²) in [5.41, 5.74) is 6.60. The molecule has 0 bridgehead atoms. The Labute approximate surface area is 113 Å². The molecule has 6 nitrogen and oxygen atoms in total. The van der Waals surface area contributed by atoms with E-state index < -0.39 is 9.84 Å². The second kappa shape index (κ2) is 5.32. The molecule has 1 fully saturated rings. The van der Waals surface area contributed by atoms with Gasteiger partial charge in [0.2, 0.25) is 0 Å². The molecule has 1 aromatic heterocycles. The lowest BCUT2D eigenvalue weighted by Gasteiger charge is -2.14. The van der Waals surface area contributed by atoms with E-state index in [1.54, 1.807) is 0 Å². The number of aryl methyl sites for hydroxylation is 1. The van der Waals surface area contributed by atoms with Crippen molar-refractivity contribution in [3.63, 3.8) is 0 Å². The Kier molecular flexibility index (Phi) is 3.93. The largest absolute Gasteiger partial charge is 0.383 e. The first-order chi connectivity index (χ1) is 8.94. The Hall–Kier alpha value is -1.37. The summed E-state index contributed by atoms with van der Waals surface area (Å²) in [6.45, 7) is 4.18. The third-order valence-electron chi connectivity index (χ3n) is 3.51. The number of hydrogen-bond donors (Lipinski definition) is 2. The van der Waals surface area contributed by atoms with Gasteiger partial charge in [-0.3, -0.25) is 0 Å². The van der Waals surface area contributed by atoms with Gasteiger partial charge < -0.3 is 11.1 Å². The standard InChI is InChI=1S/C12H20N4O2S/c1-3-10-15-11(13)8(2)12(16-10)14-7-9-5-4-6-19(9,17)18/h9H,3-7H2,1-2H3,(H3,13,14,15,16). The smallest absolute Gasteiger partial charge is 0.154 e. The molecule has 1 aliphatic rings. The van der Waals surface area contributed by atoms with Crippen molar-refractivity contribution in [2.24, 2.45) is 0 Å². The topological polar surface area (TPSA) is 98.0 Å². The minimum absolute atomic E-state index is 0.296. The van der Waals surface area contributed by atoms with Gasteiger partial charge in [0, 0.05) is 18.5 Å². The lowest BCUT2D eigenvalue weighted by molar-refractivity contribution is 0.591. The number of nitrogen functional groups attached to an aromatic ring is 1. The minimum atomic E-state index is -2.93. The highest BCUT2D eigenvalue weighted by atomic mass is 32.2. The average molecular weight is 284 g/mol. The van der Waals surface area contributed by atoms with Crippen molar-refractivity contribution in [3.8, 4) is 0 Å². The first kappa shape index (κ1) is 14.0. The number of rotatable bonds is 4. The van der Waals surface area contributed by atoms with Crippen LogP contribution in [0.1, 0.15) is 31.2 Å². The van der Waals surface area contributed by atoms with E-state index in [9.17, 15) is 8.42 Å². The van der Waals surface area contributed by atoms with Crippen molar-refractivity contribution >= 4 is 21.5 Å². The first-order valence-electron chi connectivity index (χ1n) is 6.52. The van der Waals surface area contributed by atoms with Crippen LogP contribution in [0.5, 0.6) is 0 Å². The van der Waals surface area contributed by atoms with E-state index in [1.807, 2.05) is 13.8 Å². The van der Waals surface area contributed by atoms with E-state index in [2.05, 4.69) is 15.3 Å². The fraction of sp³-hybridized carbons (Fsp3) is 0.667. The number of hydrogen-bond acceptors (Lipinski definition) is 6. The molecule has 1 unspecified atom stereocenters. The Bertz CT molecular complexity index is 571. The summed E-state index contributed by atoms with van der Waals surface area (Å²) in [5.74, 6) is 2.06. The van der Waals surface area contributed by atoms with E-state index in [4.69, 9.17) is 5.73 Å². The summed E-state index contributed by atoms with van der Waals surface area (Å²) >= 11 is 0. The van der Waals surface area contributed by atoms with Crippen molar-refractivity contribution in [1.82, 2.24) is 9.97 Å². The van der Waals surface area contributed by atoms with Crippen LogP contribution < -0.4 is 11.1 Å². The van der Waals surface area contributed by atoms with E-state index in [0.29, 0.717) is 36.2 Å². The molecule has 2 rings (SSSR count). The molecule has 19 heavy (non-hydrogen) atoms. The molecule has 0 radical (unpaired) electrons. The van der Waals surface area contributed by atoms with Gasteiger partial charge in [0.05, 0.1) is 11.0 Å². The van der Waals surface area contributed by atoms with Gasteiger partial charge in [-0.1, -0.05) is 6.92 Å². The summed E-state index contributed by atoms with van der Waals surface area (Å²) in [7, 11) is -2.93. The fourth-order valence-corrected chi connectivity index (χ4v) is 3.98. The maximum absolute atomic E-state index is 11.8. The monoisotopic (exact) mass is 284 g/mol.